The van der Waals surface area contributed by atoms with Gasteiger partial charge >= 0.3 is 0 Å². The van der Waals surface area contributed by atoms with Crippen molar-refractivity contribution in [3.8, 4) is 5.69 Å². The van der Waals surface area contributed by atoms with Gasteiger partial charge in [-0.25, -0.2) is 0 Å². The van der Waals surface area contributed by atoms with E-state index < -0.39 is 0 Å². The van der Waals surface area contributed by atoms with Crippen LogP contribution in [0.1, 0.15) is 5.56 Å². The number of hydrogen-bond donors (Lipinski definition) is 1. The molecule has 0 aliphatic carbocycles. The summed E-state index contributed by atoms with van der Waals surface area (Å²) >= 11 is 8.52. The number of nitrogens with one attached hydrogen (secondary N) is 1. The highest BCUT2D eigenvalue weighted by molar-refractivity contribution is 9.10. The second kappa shape index (κ2) is 4.35. The van der Waals surface area contributed by atoms with E-state index in [-0.39, 0.29) is 5.56 Å². The fraction of sp³-hybridized carbons (Fsp3) is 0.0909. The van der Waals surface area contributed by atoms with Crippen molar-refractivity contribution < 1.29 is 0 Å². The van der Waals surface area contributed by atoms with Gasteiger partial charge < -0.3 is 0 Å². The van der Waals surface area contributed by atoms with Crippen molar-refractivity contribution in [3.05, 3.63) is 55.6 Å². The smallest absolute Gasteiger partial charge is 0.251 e. The Morgan fingerprint density at radius 1 is 1.38 bits per heavy atom. The minimum absolute atomic E-state index is 0.184. The van der Waals surface area contributed by atoms with E-state index in [2.05, 4.69) is 20.9 Å². The third-order valence-corrected chi connectivity index (χ3v) is 3.03. The molecule has 2 aromatic rings. The molecule has 0 radical (unpaired) electrons. The predicted molar refractivity (Wildman–Crippen MR) is 69.7 cm³/mol. The standard InChI is InChI=1S/C11H9BrN2OS/c1-7-6-8(12)2-3-9(7)14-5-4-10(15)13-11(14)16/h2-6H,1H3,(H,13,15,16). The highest BCUT2D eigenvalue weighted by Gasteiger charge is 2.02. The Balaban J connectivity index is 2.68. The third kappa shape index (κ3) is 2.15. The van der Waals surface area contributed by atoms with Crippen LogP contribution < -0.4 is 5.56 Å². The minimum atomic E-state index is -0.184. The van der Waals surface area contributed by atoms with Gasteiger partial charge in [-0.3, -0.25) is 14.3 Å². The molecule has 0 fully saturated rings. The molecule has 3 nitrogen and oxygen atoms in total. The summed E-state index contributed by atoms with van der Waals surface area (Å²) < 4.78 is 3.20. The predicted octanol–water partition coefficient (Wildman–Crippen LogP) is 2.97. The Labute approximate surface area is 106 Å². The largest absolute Gasteiger partial charge is 0.299 e. The van der Waals surface area contributed by atoms with E-state index in [4.69, 9.17) is 12.2 Å². The average Bonchev–Trinajstić information content (AvgIpc) is 2.19. The normalized spacial score (nSPS) is 10.4. The number of halogens is 1. The summed E-state index contributed by atoms with van der Waals surface area (Å²) in [4.78, 5) is 13.7. The number of hydrogen-bond acceptors (Lipinski definition) is 2. The Hall–Kier alpha value is -1.20. The van der Waals surface area contributed by atoms with E-state index in [0.29, 0.717) is 4.77 Å². The molecule has 16 heavy (non-hydrogen) atoms. The summed E-state index contributed by atoms with van der Waals surface area (Å²) in [6.45, 7) is 1.99. The van der Waals surface area contributed by atoms with Crippen LogP contribution in [0.15, 0.2) is 39.7 Å². The quantitative estimate of drug-likeness (QED) is 0.822. The highest BCUT2D eigenvalue weighted by atomic mass is 79.9. The number of aromatic amines is 1. The maximum absolute atomic E-state index is 11.1. The number of H-pyrrole nitrogens is 1. The van der Waals surface area contributed by atoms with Crippen LogP contribution in [0, 0.1) is 11.7 Å². The maximum atomic E-state index is 11.1. The SMILES string of the molecule is Cc1cc(Br)ccc1-n1ccc(=O)[nH]c1=S. The monoisotopic (exact) mass is 296 g/mol. The molecule has 2 rings (SSSR count). The topological polar surface area (TPSA) is 37.8 Å². The molecule has 0 saturated heterocycles. The van der Waals surface area contributed by atoms with Crippen LogP contribution >= 0.6 is 28.1 Å². The minimum Gasteiger partial charge on any atom is -0.299 e. The summed E-state index contributed by atoms with van der Waals surface area (Å²) in [6, 6.07) is 7.35. The number of rotatable bonds is 1. The summed E-state index contributed by atoms with van der Waals surface area (Å²) in [5.41, 5.74) is 1.86. The van der Waals surface area contributed by atoms with Crippen LogP contribution in [0.4, 0.5) is 0 Å². The lowest BCUT2D eigenvalue weighted by molar-refractivity contribution is 0.929. The Bertz CT molecular complexity index is 645. The molecule has 5 heteroatoms. The van der Waals surface area contributed by atoms with Gasteiger partial charge in [-0.05, 0) is 42.9 Å². The first-order chi connectivity index (χ1) is 7.58. The van der Waals surface area contributed by atoms with E-state index in [9.17, 15) is 4.79 Å². The van der Waals surface area contributed by atoms with E-state index in [1.54, 1.807) is 10.8 Å². The molecule has 0 atom stereocenters. The molecule has 0 unspecified atom stereocenters. The fourth-order valence-electron chi connectivity index (χ4n) is 1.50. The number of benzene rings is 1. The van der Waals surface area contributed by atoms with Gasteiger partial charge in [-0.1, -0.05) is 15.9 Å². The zero-order valence-corrected chi connectivity index (χ0v) is 10.9. The van der Waals surface area contributed by atoms with Crippen molar-refractivity contribution in [2.45, 2.75) is 6.92 Å². The molecule has 1 aromatic heterocycles. The van der Waals surface area contributed by atoms with Crippen LogP contribution in [0.3, 0.4) is 0 Å². The molecule has 1 heterocycles. The van der Waals surface area contributed by atoms with E-state index >= 15 is 0 Å². The summed E-state index contributed by atoms with van der Waals surface area (Å²) in [5, 5.41) is 0. The molecule has 82 valence electrons. The van der Waals surface area contributed by atoms with Gasteiger partial charge in [0.1, 0.15) is 0 Å². The maximum Gasteiger partial charge on any atom is 0.251 e. The summed E-state index contributed by atoms with van der Waals surface area (Å²) in [6.07, 6.45) is 1.68. The molecule has 0 saturated carbocycles. The first-order valence-corrected chi connectivity index (χ1v) is 5.86. The van der Waals surface area contributed by atoms with Gasteiger partial charge in [0, 0.05) is 16.7 Å². The second-order valence-electron chi connectivity index (χ2n) is 3.41. The van der Waals surface area contributed by atoms with Gasteiger partial charge in [0.25, 0.3) is 5.56 Å². The molecule has 0 aliphatic rings. The number of nitrogens with zero attached hydrogens (tertiary/aromatic N) is 1. The first-order valence-electron chi connectivity index (χ1n) is 4.66. The van der Waals surface area contributed by atoms with Gasteiger partial charge in [0.05, 0.1) is 5.69 Å². The zero-order chi connectivity index (χ0) is 11.7. The zero-order valence-electron chi connectivity index (χ0n) is 8.53. The lowest BCUT2D eigenvalue weighted by Gasteiger charge is -2.09. The lowest BCUT2D eigenvalue weighted by atomic mass is 10.2. The van der Waals surface area contributed by atoms with Gasteiger partial charge in [-0.2, -0.15) is 0 Å². The Morgan fingerprint density at radius 2 is 2.12 bits per heavy atom. The molecule has 0 aliphatic heterocycles. The Morgan fingerprint density at radius 3 is 2.75 bits per heavy atom. The van der Waals surface area contributed by atoms with Crippen molar-refractivity contribution >= 4 is 28.1 Å². The van der Waals surface area contributed by atoms with E-state index in [0.717, 1.165) is 15.7 Å². The van der Waals surface area contributed by atoms with Crippen molar-refractivity contribution in [2.24, 2.45) is 0 Å². The van der Waals surface area contributed by atoms with Gasteiger partial charge in [-0.15, -0.1) is 0 Å². The summed E-state index contributed by atoms with van der Waals surface area (Å²) in [5.74, 6) is 0. The average molecular weight is 297 g/mol. The third-order valence-electron chi connectivity index (χ3n) is 2.24. The van der Waals surface area contributed by atoms with Crippen molar-refractivity contribution in [1.29, 1.82) is 0 Å². The second-order valence-corrected chi connectivity index (χ2v) is 4.71. The van der Waals surface area contributed by atoms with E-state index in [1.165, 1.54) is 6.07 Å². The summed E-state index contributed by atoms with van der Waals surface area (Å²) in [7, 11) is 0. The molecule has 0 amide bonds. The first kappa shape index (κ1) is 11.3. The highest BCUT2D eigenvalue weighted by Crippen LogP contribution is 2.18. The van der Waals surface area contributed by atoms with Crippen LogP contribution in [0.25, 0.3) is 5.69 Å². The van der Waals surface area contributed by atoms with Gasteiger partial charge in [0.15, 0.2) is 4.77 Å². The molecule has 0 spiro atoms. The Kier molecular flexibility index (Phi) is 3.07. The van der Waals surface area contributed by atoms with E-state index in [1.807, 2.05) is 25.1 Å². The van der Waals surface area contributed by atoms with Crippen LogP contribution in [0.2, 0.25) is 0 Å². The molecule has 1 N–H and O–H groups in total. The molecular weight excluding hydrogens is 288 g/mol. The molecular formula is C11H9BrN2OS. The van der Waals surface area contributed by atoms with Gasteiger partial charge in [0.2, 0.25) is 0 Å². The van der Waals surface area contributed by atoms with Crippen molar-refractivity contribution in [2.75, 3.05) is 0 Å². The number of aryl methyl sites for hydroxylation is 1. The van der Waals surface area contributed by atoms with Crippen molar-refractivity contribution in [3.63, 3.8) is 0 Å². The van der Waals surface area contributed by atoms with Crippen LogP contribution in [-0.2, 0) is 0 Å². The molecule has 0 bridgehead atoms. The number of aromatic nitrogens is 2. The molecule has 1 aromatic carbocycles. The van der Waals surface area contributed by atoms with Crippen molar-refractivity contribution in [1.82, 2.24) is 9.55 Å². The fourth-order valence-corrected chi connectivity index (χ4v) is 2.23. The lowest BCUT2D eigenvalue weighted by Crippen LogP contribution is -2.10. The van der Waals surface area contributed by atoms with Crippen LogP contribution in [0.5, 0.6) is 0 Å². The van der Waals surface area contributed by atoms with Crippen LogP contribution in [-0.4, -0.2) is 9.55 Å².